The molecule has 0 aliphatic rings. The van der Waals surface area contributed by atoms with Gasteiger partial charge in [0.1, 0.15) is 0 Å². The van der Waals surface area contributed by atoms with Gasteiger partial charge < -0.3 is 23.9 Å². The summed E-state index contributed by atoms with van der Waals surface area (Å²) in [6.45, 7) is -0.604. The van der Waals surface area contributed by atoms with Crippen LogP contribution < -0.4 is 5.32 Å². The topological polar surface area (TPSA) is 121 Å². The molecule has 0 fully saturated rings. The minimum absolute atomic E-state index is 0.0353. The van der Waals surface area contributed by atoms with Crippen LogP contribution in [-0.4, -0.2) is 44.6 Å². The van der Waals surface area contributed by atoms with E-state index >= 15 is 0 Å². The molecule has 0 saturated heterocycles. The van der Waals surface area contributed by atoms with E-state index in [9.17, 15) is 19.2 Å². The molecule has 2 aromatic rings. The van der Waals surface area contributed by atoms with Crippen molar-refractivity contribution in [1.82, 2.24) is 0 Å². The number of halogens is 1. The number of furan rings is 1. The zero-order valence-electron chi connectivity index (χ0n) is 14.2. The molecule has 0 saturated carbocycles. The number of ether oxygens (including phenoxy) is 3. The van der Waals surface area contributed by atoms with Crippen LogP contribution in [0.25, 0.3) is 0 Å². The van der Waals surface area contributed by atoms with E-state index < -0.39 is 30.4 Å². The number of rotatable bonds is 6. The SMILES string of the molecule is COC(=O)c1cc(NC(=O)COC(=O)c2ccc(Br)o2)cc(C(=O)OC)c1. The van der Waals surface area contributed by atoms with E-state index in [1.807, 2.05) is 0 Å². The Bertz CT molecular complexity index is 855. The summed E-state index contributed by atoms with van der Waals surface area (Å²) in [5, 5.41) is 2.42. The van der Waals surface area contributed by atoms with Gasteiger partial charge in [-0.3, -0.25) is 4.79 Å². The Balaban J connectivity index is 2.08. The molecule has 1 N–H and O–H groups in total. The van der Waals surface area contributed by atoms with Gasteiger partial charge in [0.15, 0.2) is 11.3 Å². The van der Waals surface area contributed by atoms with Gasteiger partial charge in [0.2, 0.25) is 5.76 Å². The Hall–Kier alpha value is -3.14. The molecular weight excluding hydrogens is 426 g/mol. The fourth-order valence-electron chi connectivity index (χ4n) is 1.99. The summed E-state index contributed by atoms with van der Waals surface area (Å²) in [7, 11) is 2.36. The highest BCUT2D eigenvalue weighted by molar-refractivity contribution is 9.10. The van der Waals surface area contributed by atoms with E-state index in [4.69, 9.17) is 9.15 Å². The second-order valence-electron chi connectivity index (χ2n) is 5.01. The van der Waals surface area contributed by atoms with Crippen molar-refractivity contribution in [2.75, 3.05) is 26.1 Å². The summed E-state index contributed by atoms with van der Waals surface area (Å²) in [6, 6.07) is 6.77. The Kier molecular flexibility index (Phi) is 6.72. The molecule has 10 heteroatoms. The molecule has 0 aliphatic carbocycles. The third-order valence-corrected chi connectivity index (χ3v) is 3.59. The first kappa shape index (κ1) is 20.2. The van der Waals surface area contributed by atoms with Gasteiger partial charge in [-0.15, -0.1) is 0 Å². The van der Waals surface area contributed by atoms with Crippen molar-refractivity contribution >= 4 is 45.4 Å². The zero-order valence-corrected chi connectivity index (χ0v) is 15.8. The maximum Gasteiger partial charge on any atom is 0.374 e. The predicted octanol–water partition coefficient (Wildman–Crippen LogP) is 2.41. The summed E-state index contributed by atoms with van der Waals surface area (Å²) >= 11 is 3.04. The van der Waals surface area contributed by atoms with Gasteiger partial charge >= 0.3 is 17.9 Å². The van der Waals surface area contributed by atoms with Crippen LogP contribution in [0.15, 0.2) is 39.4 Å². The van der Waals surface area contributed by atoms with Gasteiger partial charge in [0, 0.05) is 5.69 Å². The Labute approximate surface area is 161 Å². The normalized spacial score (nSPS) is 10.0. The van der Waals surface area contributed by atoms with Gasteiger partial charge in [-0.05, 0) is 46.3 Å². The van der Waals surface area contributed by atoms with Gasteiger partial charge in [0.05, 0.1) is 25.3 Å². The first-order valence-electron chi connectivity index (χ1n) is 7.38. The molecule has 0 aliphatic heterocycles. The highest BCUT2D eigenvalue weighted by Gasteiger charge is 2.17. The van der Waals surface area contributed by atoms with Crippen LogP contribution in [0.3, 0.4) is 0 Å². The first-order chi connectivity index (χ1) is 12.8. The molecule has 9 nitrogen and oxygen atoms in total. The quantitative estimate of drug-likeness (QED) is 0.537. The van der Waals surface area contributed by atoms with Crippen molar-refractivity contribution in [2.24, 2.45) is 0 Å². The first-order valence-corrected chi connectivity index (χ1v) is 8.17. The molecule has 27 heavy (non-hydrogen) atoms. The lowest BCUT2D eigenvalue weighted by atomic mass is 10.1. The third kappa shape index (κ3) is 5.42. The number of carbonyl (C=O) groups is 4. The van der Waals surface area contributed by atoms with Crippen molar-refractivity contribution in [2.45, 2.75) is 0 Å². The van der Waals surface area contributed by atoms with Crippen LogP contribution in [-0.2, 0) is 19.0 Å². The van der Waals surface area contributed by atoms with E-state index in [1.165, 1.54) is 44.6 Å². The number of methoxy groups -OCH3 is 2. The fraction of sp³-hybridized carbons (Fsp3) is 0.176. The number of benzene rings is 1. The molecular formula is C17H14BrNO8. The number of amides is 1. The smallest absolute Gasteiger partial charge is 0.374 e. The molecule has 2 rings (SSSR count). The van der Waals surface area contributed by atoms with Crippen molar-refractivity contribution in [3.8, 4) is 0 Å². The molecule has 1 aromatic heterocycles. The largest absolute Gasteiger partial charge is 0.465 e. The lowest BCUT2D eigenvalue weighted by Crippen LogP contribution is -2.21. The fourth-order valence-corrected chi connectivity index (χ4v) is 2.30. The maximum absolute atomic E-state index is 12.0. The molecule has 0 radical (unpaired) electrons. The van der Waals surface area contributed by atoms with Crippen molar-refractivity contribution in [1.29, 1.82) is 0 Å². The monoisotopic (exact) mass is 439 g/mol. The highest BCUT2D eigenvalue weighted by atomic mass is 79.9. The molecule has 0 atom stereocenters. The van der Waals surface area contributed by atoms with E-state index in [-0.39, 0.29) is 22.6 Å². The number of hydrogen-bond acceptors (Lipinski definition) is 8. The van der Waals surface area contributed by atoms with Crippen molar-refractivity contribution < 1.29 is 37.8 Å². The van der Waals surface area contributed by atoms with Crippen LogP contribution in [0.1, 0.15) is 31.3 Å². The van der Waals surface area contributed by atoms with Crippen LogP contribution >= 0.6 is 15.9 Å². The molecule has 1 heterocycles. The lowest BCUT2D eigenvalue weighted by molar-refractivity contribution is -0.119. The average molecular weight is 440 g/mol. The van der Waals surface area contributed by atoms with Crippen molar-refractivity contribution in [3.63, 3.8) is 0 Å². The maximum atomic E-state index is 12.0. The summed E-state index contributed by atoms with van der Waals surface area (Å²) in [6.07, 6.45) is 0. The van der Waals surface area contributed by atoms with Gasteiger partial charge in [0.25, 0.3) is 5.91 Å². The number of hydrogen-bond donors (Lipinski definition) is 1. The van der Waals surface area contributed by atoms with E-state index in [0.717, 1.165) is 0 Å². The van der Waals surface area contributed by atoms with Gasteiger partial charge in [-0.1, -0.05) is 0 Å². The number of carbonyl (C=O) groups excluding carboxylic acids is 4. The highest BCUT2D eigenvalue weighted by Crippen LogP contribution is 2.18. The van der Waals surface area contributed by atoms with E-state index in [0.29, 0.717) is 4.67 Å². The molecule has 142 valence electrons. The minimum Gasteiger partial charge on any atom is -0.465 e. The van der Waals surface area contributed by atoms with E-state index in [2.05, 4.69) is 30.7 Å². The van der Waals surface area contributed by atoms with E-state index in [1.54, 1.807) is 0 Å². The predicted molar refractivity (Wildman–Crippen MR) is 94.4 cm³/mol. The Morgan fingerprint density at radius 3 is 2.04 bits per heavy atom. The van der Waals surface area contributed by atoms with Crippen LogP contribution in [0.2, 0.25) is 0 Å². The zero-order chi connectivity index (χ0) is 20.0. The standard InChI is InChI=1S/C17H14BrNO8/c1-24-15(21)9-5-10(16(22)25-2)7-11(6-9)19-14(20)8-26-17(23)12-3-4-13(18)27-12/h3-7H,8H2,1-2H3,(H,19,20). The Morgan fingerprint density at radius 2 is 1.56 bits per heavy atom. The van der Waals surface area contributed by atoms with Gasteiger partial charge in [-0.25, -0.2) is 14.4 Å². The molecule has 1 amide bonds. The minimum atomic E-state index is -0.825. The summed E-state index contributed by atoms with van der Waals surface area (Å²) in [5.41, 5.74) is 0.196. The van der Waals surface area contributed by atoms with Crippen molar-refractivity contribution in [3.05, 3.63) is 51.9 Å². The Morgan fingerprint density at radius 1 is 0.963 bits per heavy atom. The molecule has 0 spiro atoms. The summed E-state index contributed by atoms with van der Waals surface area (Å²) in [4.78, 5) is 47.2. The second-order valence-corrected chi connectivity index (χ2v) is 5.79. The third-order valence-electron chi connectivity index (χ3n) is 3.17. The van der Waals surface area contributed by atoms with Crippen LogP contribution in [0.4, 0.5) is 5.69 Å². The summed E-state index contributed by atoms with van der Waals surface area (Å²) < 4.78 is 19.4. The molecule has 1 aromatic carbocycles. The average Bonchev–Trinajstić information content (AvgIpc) is 3.10. The number of esters is 3. The lowest BCUT2D eigenvalue weighted by Gasteiger charge is -2.09. The molecule has 0 bridgehead atoms. The second kappa shape index (κ2) is 8.99. The van der Waals surface area contributed by atoms with Crippen LogP contribution in [0.5, 0.6) is 0 Å². The van der Waals surface area contributed by atoms with Gasteiger partial charge in [-0.2, -0.15) is 0 Å². The summed E-state index contributed by atoms with van der Waals surface area (Å²) in [5.74, 6) is -2.99. The number of anilines is 1. The molecule has 0 unspecified atom stereocenters. The number of nitrogens with one attached hydrogen (secondary N) is 1. The van der Waals surface area contributed by atoms with Crippen LogP contribution in [0, 0.1) is 0 Å².